The third-order valence-corrected chi connectivity index (χ3v) is 7.90. The number of aliphatic hydroxyl groups is 2. The molecule has 0 amide bonds. The third kappa shape index (κ3) is 1.78. The first-order valence-corrected chi connectivity index (χ1v) is 8.96. The zero-order valence-electron chi connectivity index (χ0n) is 13.7. The molecule has 0 aromatic heterocycles. The maximum atomic E-state index is 11.8. The number of ketones is 1. The van der Waals surface area contributed by atoms with E-state index < -0.39 is 0 Å². The monoisotopic (exact) mass is 304 g/mol. The second-order valence-electron chi connectivity index (χ2n) is 8.75. The van der Waals surface area contributed by atoms with E-state index in [4.69, 9.17) is 0 Å². The van der Waals surface area contributed by atoms with Crippen LogP contribution in [0.15, 0.2) is 11.6 Å². The molecule has 0 aromatic rings. The van der Waals surface area contributed by atoms with E-state index in [-0.39, 0.29) is 29.0 Å². The molecule has 0 radical (unpaired) electrons. The Morgan fingerprint density at radius 3 is 2.68 bits per heavy atom. The minimum atomic E-state index is -0.355. The Hall–Kier alpha value is -0.670. The number of hydrogen-bond donors (Lipinski definition) is 2. The van der Waals surface area contributed by atoms with E-state index in [0.29, 0.717) is 30.5 Å². The first kappa shape index (κ1) is 14.9. The van der Waals surface area contributed by atoms with Crippen molar-refractivity contribution in [1.82, 2.24) is 0 Å². The fourth-order valence-electron chi connectivity index (χ4n) is 6.59. The normalized spacial score (nSPS) is 54.3. The minimum absolute atomic E-state index is 0.108. The van der Waals surface area contributed by atoms with E-state index >= 15 is 0 Å². The molecule has 4 aliphatic rings. The molecule has 0 aliphatic heterocycles. The lowest BCUT2D eigenvalue weighted by Crippen LogP contribution is -2.52. The fraction of sp³-hybridized carbons (Fsp3) is 0.842. The van der Waals surface area contributed by atoms with Gasteiger partial charge in [-0.15, -0.1) is 0 Å². The van der Waals surface area contributed by atoms with Crippen LogP contribution >= 0.6 is 0 Å². The standard InChI is InChI=1S/C19H28O3/c1-18-7-5-12(20)9-11(18)3-4-13-14(18)6-8-19(2)16(22)10-15(21)17(13)19/h9,13-17,21-22H,3-8,10H2,1-2H3/t13-,14-,15-,16+,17+,18+,19-/m1/s1. The summed E-state index contributed by atoms with van der Waals surface area (Å²) in [7, 11) is 0. The zero-order valence-corrected chi connectivity index (χ0v) is 13.7. The van der Waals surface area contributed by atoms with Crippen LogP contribution in [0.2, 0.25) is 0 Å². The van der Waals surface area contributed by atoms with Gasteiger partial charge in [-0.25, -0.2) is 0 Å². The van der Waals surface area contributed by atoms with Crippen molar-refractivity contribution in [2.45, 2.75) is 71.0 Å². The largest absolute Gasteiger partial charge is 0.393 e. The van der Waals surface area contributed by atoms with E-state index in [9.17, 15) is 15.0 Å². The SMILES string of the molecule is C[C@]12CC[C@@H]3[C@@H](CCC4=CC(=O)CC[C@@]43C)[C@H]1[C@H](O)C[C@@H]2O. The molecule has 3 nitrogen and oxygen atoms in total. The molecule has 4 aliphatic carbocycles. The molecule has 2 N–H and O–H groups in total. The topological polar surface area (TPSA) is 57.5 Å². The molecule has 4 rings (SSSR count). The summed E-state index contributed by atoms with van der Waals surface area (Å²) in [5.41, 5.74) is 1.40. The van der Waals surface area contributed by atoms with Gasteiger partial charge in [-0.05, 0) is 66.8 Å². The number of allylic oxidation sites excluding steroid dienone is 1. The molecule has 3 fully saturated rings. The van der Waals surface area contributed by atoms with Gasteiger partial charge in [0.15, 0.2) is 5.78 Å². The van der Waals surface area contributed by atoms with Gasteiger partial charge in [0.05, 0.1) is 12.2 Å². The lowest BCUT2D eigenvalue weighted by atomic mass is 9.47. The van der Waals surface area contributed by atoms with Gasteiger partial charge in [0.25, 0.3) is 0 Å². The summed E-state index contributed by atoms with van der Waals surface area (Å²) < 4.78 is 0. The van der Waals surface area contributed by atoms with Gasteiger partial charge < -0.3 is 10.2 Å². The van der Waals surface area contributed by atoms with Crippen molar-refractivity contribution in [2.24, 2.45) is 28.6 Å². The molecule has 7 atom stereocenters. The minimum Gasteiger partial charge on any atom is -0.393 e. The molecule has 0 bridgehead atoms. The van der Waals surface area contributed by atoms with Crippen molar-refractivity contribution in [3.8, 4) is 0 Å². The molecule has 3 heteroatoms. The highest BCUT2D eigenvalue weighted by atomic mass is 16.3. The number of aliphatic hydroxyl groups excluding tert-OH is 2. The van der Waals surface area contributed by atoms with E-state index in [0.717, 1.165) is 32.1 Å². The highest BCUT2D eigenvalue weighted by molar-refractivity contribution is 5.91. The predicted octanol–water partition coefficient (Wildman–Crippen LogP) is 2.85. The Morgan fingerprint density at radius 2 is 1.91 bits per heavy atom. The van der Waals surface area contributed by atoms with Gasteiger partial charge in [-0.3, -0.25) is 4.79 Å². The number of rotatable bonds is 0. The Bertz CT molecular complexity index is 539. The van der Waals surface area contributed by atoms with Crippen LogP contribution in [0.4, 0.5) is 0 Å². The Labute approximate surface area is 132 Å². The second kappa shape index (κ2) is 4.67. The summed E-state index contributed by atoms with van der Waals surface area (Å²) in [6.45, 7) is 4.54. The average molecular weight is 304 g/mol. The van der Waals surface area contributed by atoms with E-state index in [1.807, 2.05) is 6.08 Å². The van der Waals surface area contributed by atoms with Crippen molar-refractivity contribution >= 4 is 5.78 Å². The van der Waals surface area contributed by atoms with Crippen molar-refractivity contribution in [3.05, 3.63) is 11.6 Å². The van der Waals surface area contributed by atoms with Crippen LogP contribution in [-0.2, 0) is 4.79 Å². The first-order valence-electron chi connectivity index (χ1n) is 8.96. The van der Waals surface area contributed by atoms with Crippen LogP contribution in [0, 0.1) is 28.6 Å². The van der Waals surface area contributed by atoms with Gasteiger partial charge in [0, 0.05) is 12.8 Å². The lowest BCUT2D eigenvalue weighted by Gasteiger charge is -2.58. The molecule has 0 unspecified atom stereocenters. The average Bonchev–Trinajstić information content (AvgIpc) is 2.70. The Morgan fingerprint density at radius 1 is 1.14 bits per heavy atom. The highest BCUT2D eigenvalue weighted by Crippen LogP contribution is 2.65. The van der Waals surface area contributed by atoms with Crippen molar-refractivity contribution in [1.29, 1.82) is 0 Å². The van der Waals surface area contributed by atoms with Crippen LogP contribution in [0.3, 0.4) is 0 Å². The van der Waals surface area contributed by atoms with Crippen LogP contribution in [0.25, 0.3) is 0 Å². The van der Waals surface area contributed by atoms with E-state index in [1.165, 1.54) is 5.57 Å². The smallest absolute Gasteiger partial charge is 0.155 e. The summed E-state index contributed by atoms with van der Waals surface area (Å²) in [6.07, 6.45) is 7.62. The number of hydrogen-bond acceptors (Lipinski definition) is 3. The first-order chi connectivity index (χ1) is 10.4. The van der Waals surface area contributed by atoms with Gasteiger partial charge >= 0.3 is 0 Å². The third-order valence-electron chi connectivity index (χ3n) is 7.90. The molecule has 0 spiro atoms. The maximum Gasteiger partial charge on any atom is 0.155 e. The van der Waals surface area contributed by atoms with Crippen LogP contribution in [0.1, 0.15) is 58.8 Å². The van der Waals surface area contributed by atoms with Gasteiger partial charge in [0.1, 0.15) is 0 Å². The van der Waals surface area contributed by atoms with Crippen LogP contribution in [-0.4, -0.2) is 28.2 Å². The summed E-state index contributed by atoms with van der Waals surface area (Å²) in [5, 5.41) is 21.1. The number of carbonyl (C=O) groups excluding carboxylic acids is 1. The molecule has 0 heterocycles. The van der Waals surface area contributed by atoms with Crippen LogP contribution < -0.4 is 0 Å². The quantitative estimate of drug-likeness (QED) is 0.723. The number of carbonyl (C=O) groups is 1. The Kier molecular flexibility index (Phi) is 3.16. The van der Waals surface area contributed by atoms with Crippen molar-refractivity contribution < 1.29 is 15.0 Å². The van der Waals surface area contributed by atoms with Crippen molar-refractivity contribution in [3.63, 3.8) is 0 Å². The predicted molar refractivity (Wildman–Crippen MR) is 84.1 cm³/mol. The summed E-state index contributed by atoms with van der Waals surface area (Å²) in [6, 6.07) is 0. The Balaban J connectivity index is 1.71. The summed E-state index contributed by atoms with van der Waals surface area (Å²) in [4.78, 5) is 11.8. The van der Waals surface area contributed by atoms with Gasteiger partial charge in [-0.2, -0.15) is 0 Å². The zero-order chi connectivity index (χ0) is 15.7. The lowest BCUT2D eigenvalue weighted by molar-refractivity contribution is -0.119. The van der Waals surface area contributed by atoms with E-state index in [1.54, 1.807) is 0 Å². The molecule has 122 valence electrons. The highest BCUT2D eigenvalue weighted by Gasteiger charge is 2.61. The van der Waals surface area contributed by atoms with E-state index in [2.05, 4.69) is 13.8 Å². The van der Waals surface area contributed by atoms with Gasteiger partial charge in [0.2, 0.25) is 0 Å². The molecule has 3 saturated carbocycles. The summed E-state index contributed by atoms with van der Waals surface area (Å²) >= 11 is 0. The molecule has 22 heavy (non-hydrogen) atoms. The molecule has 0 saturated heterocycles. The molecular weight excluding hydrogens is 276 g/mol. The van der Waals surface area contributed by atoms with Crippen LogP contribution in [0.5, 0.6) is 0 Å². The molecule has 0 aromatic carbocycles. The maximum absolute atomic E-state index is 11.8. The molecular formula is C19H28O3. The number of fused-ring (bicyclic) bond motifs is 5. The fourth-order valence-corrected chi connectivity index (χ4v) is 6.59. The second-order valence-corrected chi connectivity index (χ2v) is 8.75. The summed E-state index contributed by atoms with van der Waals surface area (Å²) in [5.74, 6) is 1.60. The van der Waals surface area contributed by atoms with Gasteiger partial charge in [-0.1, -0.05) is 19.4 Å². The van der Waals surface area contributed by atoms with Crippen molar-refractivity contribution in [2.75, 3.05) is 0 Å².